The zero-order valence-corrected chi connectivity index (χ0v) is 12.1. The van der Waals surface area contributed by atoms with E-state index in [4.69, 9.17) is 11.6 Å². The Balaban J connectivity index is 1.78. The van der Waals surface area contributed by atoms with Gasteiger partial charge in [-0.25, -0.2) is 9.97 Å². The van der Waals surface area contributed by atoms with Crippen molar-refractivity contribution in [2.45, 2.75) is 18.8 Å². The first-order valence-electron chi connectivity index (χ1n) is 7.07. The summed E-state index contributed by atoms with van der Waals surface area (Å²) < 4.78 is 0. The van der Waals surface area contributed by atoms with Gasteiger partial charge in [0.2, 0.25) is 0 Å². The molecule has 4 heteroatoms. The monoisotopic (exact) mass is 295 g/mol. The van der Waals surface area contributed by atoms with Crippen LogP contribution in [0.1, 0.15) is 24.3 Å². The number of anilines is 2. The number of fused-ring (bicyclic) bond motifs is 1. The molecule has 104 valence electrons. The summed E-state index contributed by atoms with van der Waals surface area (Å²) >= 11 is 6.03. The Kier molecular flexibility index (Phi) is 3.00. The molecule has 0 unspecified atom stereocenters. The molecule has 0 radical (unpaired) electrons. The lowest BCUT2D eigenvalue weighted by Gasteiger charge is -2.09. The van der Waals surface area contributed by atoms with Gasteiger partial charge in [0.15, 0.2) is 0 Å². The summed E-state index contributed by atoms with van der Waals surface area (Å²) in [5, 5.41) is 5.10. The molecule has 1 aliphatic rings. The van der Waals surface area contributed by atoms with E-state index in [9.17, 15) is 0 Å². The van der Waals surface area contributed by atoms with Crippen molar-refractivity contribution < 1.29 is 0 Å². The lowest BCUT2D eigenvalue weighted by Crippen LogP contribution is -1.96. The Morgan fingerprint density at radius 3 is 2.76 bits per heavy atom. The molecule has 0 spiro atoms. The number of benzene rings is 2. The number of nitrogens with one attached hydrogen (secondary N) is 1. The zero-order valence-electron chi connectivity index (χ0n) is 11.4. The van der Waals surface area contributed by atoms with Crippen molar-refractivity contribution in [3.8, 4) is 0 Å². The Labute approximate surface area is 128 Å². The maximum Gasteiger partial charge on any atom is 0.141 e. The molecule has 1 fully saturated rings. The second-order valence-corrected chi connectivity index (χ2v) is 5.84. The quantitative estimate of drug-likeness (QED) is 0.746. The molecule has 1 heterocycles. The molecule has 0 amide bonds. The summed E-state index contributed by atoms with van der Waals surface area (Å²) in [6.07, 6.45) is 4.17. The number of aromatic nitrogens is 2. The lowest BCUT2D eigenvalue weighted by molar-refractivity contribution is 1.13. The van der Waals surface area contributed by atoms with Crippen LogP contribution in [0, 0.1) is 0 Å². The summed E-state index contributed by atoms with van der Waals surface area (Å²) in [7, 11) is 0. The Morgan fingerprint density at radius 1 is 1.05 bits per heavy atom. The Hall–Kier alpha value is -2.13. The van der Waals surface area contributed by atoms with Crippen LogP contribution < -0.4 is 5.32 Å². The molecule has 21 heavy (non-hydrogen) atoms. The largest absolute Gasteiger partial charge is 0.340 e. The van der Waals surface area contributed by atoms with Gasteiger partial charge in [0.1, 0.15) is 12.1 Å². The van der Waals surface area contributed by atoms with E-state index in [0.29, 0.717) is 10.9 Å². The van der Waals surface area contributed by atoms with Crippen LogP contribution in [0.5, 0.6) is 0 Å². The van der Waals surface area contributed by atoms with Gasteiger partial charge in [-0.2, -0.15) is 0 Å². The molecule has 1 N–H and O–H groups in total. The molecular weight excluding hydrogens is 282 g/mol. The molecule has 3 nitrogen and oxygen atoms in total. The summed E-state index contributed by atoms with van der Waals surface area (Å²) in [6, 6.07) is 14.1. The smallest absolute Gasteiger partial charge is 0.141 e. The topological polar surface area (TPSA) is 37.8 Å². The normalized spacial score (nSPS) is 14.3. The number of hydrogen-bond acceptors (Lipinski definition) is 3. The van der Waals surface area contributed by atoms with Gasteiger partial charge >= 0.3 is 0 Å². The van der Waals surface area contributed by atoms with E-state index in [0.717, 1.165) is 22.4 Å². The highest BCUT2D eigenvalue weighted by molar-refractivity contribution is 6.30. The van der Waals surface area contributed by atoms with Gasteiger partial charge in [0.05, 0.1) is 5.52 Å². The molecule has 2 aromatic carbocycles. The predicted molar refractivity (Wildman–Crippen MR) is 86.2 cm³/mol. The van der Waals surface area contributed by atoms with E-state index >= 15 is 0 Å². The highest BCUT2D eigenvalue weighted by Gasteiger charge is 2.23. The maximum absolute atomic E-state index is 6.03. The van der Waals surface area contributed by atoms with Gasteiger partial charge in [-0.05, 0) is 54.7 Å². The van der Waals surface area contributed by atoms with Gasteiger partial charge in [-0.1, -0.05) is 23.7 Å². The minimum atomic E-state index is 0.706. The number of hydrogen-bond donors (Lipinski definition) is 1. The number of rotatable bonds is 3. The molecule has 1 aromatic heterocycles. The van der Waals surface area contributed by atoms with E-state index in [1.54, 1.807) is 6.33 Å². The third kappa shape index (κ3) is 2.57. The van der Waals surface area contributed by atoms with Gasteiger partial charge < -0.3 is 5.32 Å². The van der Waals surface area contributed by atoms with Crippen molar-refractivity contribution in [2.24, 2.45) is 0 Å². The fourth-order valence-electron chi connectivity index (χ4n) is 2.55. The summed E-state index contributed by atoms with van der Waals surface area (Å²) in [5.41, 5.74) is 3.27. The molecule has 1 aliphatic carbocycles. The zero-order chi connectivity index (χ0) is 14.2. The van der Waals surface area contributed by atoms with Crippen LogP contribution >= 0.6 is 11.6 Å². The molecule has 4 rings (SSSR count). The van der Waals surface area contributed by atoms with E-state index < -0.39 is 0 Å². The van der Waals surface area contributed by atoms with Gasteiger partial charge in [0.25, 0.3) is 0 Å². The molecule has 0 atom stereocenters. The predicted octanol–water partition coefficient (Wildman–Crippen LogP) is 4.90. The Morgan fingerprint density at radius 2 is 1.95 bits per heavy atom. The van der Waals surface area contributed by atoms with Crippen molar-refractivity contribution >= 4 is 34.0 Å². The summed E-state index contributed by atoms with van der Waals surface area (Å²) in [5.74, 6) is 1.54. The number of nitrogens with zero attached hydrogens (tertiary/aromatic N) is 2. The highest BCUT2D eigenvalue weighted by Crippen LogP contribution is 2.41. The van der Waals surface area contributed by atoms with E-state index in [1.807, 2.05) is 24.3 Å². The SMILES string of the molecule is Clc1cccc(Nc2ncnc3ccc(C4CC4)cc23)c1. The van der Waals surface area contributed by atoms with Gasteiger partial charge in [-0.3, -0.25) is 0 Å². The first-order chi connectivity index (χ1) is 10.3. The molecule has 0 aliphatic heterocycles. The third-order valence-corrected chi connectivity index (χ3v) is 4.03. The molecule has 0 saturated heterocycles. The molecule has 1 saturated carbocycles. The minimum Gasteiger partial charge on any atom is -0.340 e. The maximum atomic E-state index is 6.03. The molecule has 0 bridgehead atoms. The fraction of sp³-hybridized carbons (Fsp3) is 0.176. The van der Waals surface area contributed by atoms with Crippen LogP contribution in [0.25, 0.3) is 10.9 Å². The fourth-order valence-corrected chi connectivity index (χ4v) is 2.74. The minimum absolute atomic E-state index is 0.706. The van der Waals surface area contributed by atoms with Crippen molar-refractivity contribution in [1.29, 1.82) is 0 Å². The first-order valence-corrected chi connectivity index (χ1v) is 7.45. The number of halogens is 1. The van der Waals surface area contributed by atoms with Crippen LogP contribution in [-0.4, -0.2) is 9.97 Å². The van der Waals surface area contributed by atoms with Crippen LogP contribution in [0.15, 0.2) is 48.8 Å². The van der Waals surface area contributed by atoms with Gasteiger partial charge in [-0.15, -0.1) is 0 Å². The first kappa shape index (κ1) is 12.6. The van der Waals surface area contributed by atoms with Crippen LogP contribution in [0.4, 0.5) is 11.5 Å². The van der Waals surface area contributed by atoms with Crippen molar-refractivity contribution in [3.63, 3.8) is 0 Å². The third-order valence-electron chi connectivity index (χ3n) is 3.80. The molecule has 3 aromatic rings. The van der Waals surface area contributed by atoms with E-state index in [-0.39, 0.29) is 0 Å². The second-order valence-electron chi connectivity index (χ2n) is 5.41. The van der Waals surface area contributed by atoms with E-state index in [1.165, 1.54) is 18.4 Å². The lowest BCUT2D eigenvalue weighted by atomic mass is 10.1. The second kappa shape index (κ2) is 5.01. The summed E-state index contributed by atoms with van der Waals surface area (Å²) in [4.78, 5) is 8.73. The van der Waals surface area contributed by atoms with Gasteiger partial charge in [0, 0.05) is 16.1 Å². The average Bonchev–Trinajstić information content (AvgIpc) is 3.32. The van der Waals surface area contributed by atoms with Crippen molar-refractivity contribution in [2.75, 3.05) is 5.32 Å². The van der Waals surface area contributed by atoms with Crippen LogP contribution in [0.2, 0.25) is 5.02 Å². The summed E-state index contributed by atoms with van der Waals surface area (Å²) in [6.45, 7) is 0. The van der Waals surface area contributed by atoms with Crippen LogP contribution in [0.3, 0.4) is 0 Å². The molecular formula is C17H14ClN3. The Bertz CT molecular complexity index is 812. The standard InChI is InChI=1S/C17H14ClN3/c18-13-2-1-3-14(9-13)21-17-15-8-12(11-4-5-11)6-7-16(15)19-10-20-17/h1-3,6-11H,4-5H2,(H,19,20,21). The van der Waals surface area contributed by atoms with Crippen LogP contribution in [-0.2, 0) is 0 Å². The average molecular weight is 296 g/mol. The van der Waals surface area contributed by atoms with Crippen molar-refractivity contribution in [1.82, 2.24) is 9.97 Å². The van der Waals surface area contributed by atoms with Crippen molar-refractivity contribution in [3.05, 3.63) is 59.4 Å². The van der Waals surface area contributed by atoms with E-state index in [2.05, 4.69) is 33.5 Å². The highest BCUT2D eigenvalue weighted by atomic mass is 35.5.